The highest BCUT2D eigenvalue weighted by molar-refractivity contribution is 5.36. The van der Waals surface area contributed by atoms with Gasteiger partial charge in [-0.15, -0.1) is 0 Å². The number of hydrogen-bond acceptors (Lipinski definition) is 2. The van der Waals surface area contributed by atoms with E-state index in [0.29, 0.717) is 0 Å². The zero-order valence-corrected chi connectivity index (χ0v) is 10.1. The molecule has 2 unspecified atom stereocenters. The van der Waals surface area contributed by atoms with Gasteiger partial charge in [0.2, 0.25) is 0 Å². The molecule has 0 radical (unpaired) electrons. The molecule has 5 heteroatoms. The van der Waals surface area contributed by atoms with Gasteiger partial charge in [-0.1, -0.05) is 32.0 Å². The van der Waals surface area contributed by atoms with Gasteiger partial charge in [0, 0.05) is 0 Å². The summed E-state index contributed by atoms with van der Waals surface area (Å²) in [4.78, 5) is 0. The minimum absolute atomic E-state index is 0.172. The lowest BCUT2D eigenvalue weighted by atomic mass is 9.86. The monoisotopic (exact) mass is 257 g/mol. The van der Waals surface area contributed by atoms with Crippen LogP contribution in [0.15, 0.2) is 24.3 Å². The first-order chi connectivity index (χ1) is 8.29. The lowest BCUT2D eigenvalue weighted by Crippen LogP contribution is -2.25. The lowest BCUT2D eigenvalue weighted by Gasteiger charge is -2.23. The first kappa shape index (κ1) is 14.5. The molecule has 98 valence electrons. The van der Waals surface area contributed by atoms with Crippen LogP contribution in [0.25, 0.3) is 0 Å². The molecule has 1 aromatic carbocycles. The summed E-state index contributed by atoms with van der Waals surface area (Å²) >= 11 is 0. The second-order valence-electron chi connectivity index (χ2n) is 4.43. The van der Waals surface area contributed by atoms with Gasteiger partial charge in [-0.3, -0.25) is 0 Å². The molecule has 0 saturated carbocycles. The van der Waals surface area contributed by atoms with Crippen LogP contribution in [0.2, 0.25) is 0 Å². The molecule has 18 heavy (non-hydrogen) atoms. The summed E-state index contributed by atoms with van der Waals surface area (Å²) in [6.45, 7) is 3.32. The van der Waals surface area contributed by atoms with Crippen LogP contribution in [-0.2, 0) is 6.18 Å². The second-order valence-corrected chi connectivity index (χ2v) is 4.43. The Bertz CT molecular complexity index is 448. The van der Waals surface area contributed by atoms with Gasteiger partial charge in [-0.25, -0.2) is 0 Å². The number of nitriles is 1. The lowest BCUT2D eigenvalue weighted by molar-refractivity contribution is -0.138. The van der Waals surface area contributed by atoms with Crippen molar-refractivity contribution in [1.29, 1.82) is 5.26 Å². The molecule has 2 nitrogen and oxygen atoms in total. The van der Waals surface area contributed by atoms with E-state index in [1.165, 1.54) is 18.2 Å². The fourth-order valence-corrected chi connectivity index (χ4v) is 1.74. The van der Waals surface area contributed by atoms with Crippen LogP contribution in [0.1, 0.15) is 30.9 Å². The second kappa shape index (κ2) is 5.40. The number of benzene rings is 1. The minimum Gasteiger partial charge on any atom is -0.391 e. The molecular weight excluding hydrogens is 243 g/mol. The molecule has 0 bridgehead atoms. The Morgan fingerprint density at radius 1 is 1.22 bits per heavy atom. The molecule has 1 N–H and O–H groups in total. The molecule has 1 aromatic rings. The zero-order valence-electron chi connectivity index (χ0n) is 10.1. The number of nitrogens with zero attached hydrogens (tertiary/aromatic N) is 1. The number of aliphatic hydroxyl groups is 1. The molecule has 0 fully saturated rings. The van der Waals surface area contributed by atoms with Gasteiger partial charge in [0.25, 0.3) is 0 Å². The van der Waals surface area contributed by atoms with E-state index in [9.17, 15) is 18.3 Å². The average molecular weight is 257 g/mol. The van der Waals surface area contributed by atoms with Gasteiger partial charge in [-0.2, -0.15) is 18.4 Å². The fraction of sp³-hybridized carbons (Fsp3) is 0.462. The van der Waals surface area contributed by atoms with E-state index < -0.39 is 23.8 Å². The van der Waals surface area contributed by atoms with Crippen LogP contribution in [0.5, 0.6) is 0 Å². The maximum Gasteiger partial charge on any atom is 0.416 e. The summed E-state index contributed by atoms with van der Waals surface area (Å²) in [6, 6.07) is 6.62. The Morgan fingerprint density at radius 2 is 1.78 bits per heavy atom. The normalized spacial score (nSPS) is 15.2. The van der Waals surface area contributed by atoms with Crippen molar-refractivity contribution in [3.63, 3.8) is 0 Å². The Labute approximate surface area is 104 Å². The van der Waals surface area contributed by atoms with Crippen molar-refractivity contribution in [2.45, 2.75) is 32.0 Å². The smallest absolute Gasteiger partial charge is 0.391 e. The molecule has 0 aliphatic rings. The van der Waals surface area contributed by atoms with Crippen molar-refractivity contribution in [3.8, 4) is 6.07 Å². The van der Waals surface area contributed by atoms with Crippen LogP contribution in [0.4, 0.5) is 13.2 Å². The standard InChI is InChI=1S/C13H14F3NO/c1-8(2)12(18)10(7-17)9-5-3-4-6-11(9)13(14,15)16/h3-6,8,10,12,18H,1-2H3. The third-order valence-electron chi connectivity index (χ3n) is 2.76. The van der Waals surface area contributed by atoms with Crippen molar-refractivity contribution in [3.05, 3.63) is 35.4 Å². The maximum absolute atomic E-state index is 12.8. The number of halogens is 3. The SMILES string of the molecule is CC(C)C(O)C(C#N)c1ccccc1C(F)(F)F. The first-order valence-electron chi connectivity index (χ1n) is 5.52. The summed E-state index contributed by atoms with van der Waals surface area (Å²) in [6.07, 6.45) is -5.65. The van der Waals surface area contributed by atoms with E-state index in [0.717, 1.165) is 6.07 Å². The topological polar surface area (TPSA) is 44.0 Å². The van der Waals surface area contributed by atoms with Gasteiger partial charge in [0.15, 0.2) is 0 Å². The van der Waals surface area contributed by atoms with E-state index in [2.05, 4.69) is 0 Å². The van der Waals surface area contributed by atoms with Gasteiger partial charge in [0.1, 0.15) is 0 Å². The molecule has 0 heterocycles. The average Bonchev–Trinajstić information content (AvgIpc) is 2.29. The van der Waals surface area contributed by atoms with Gasteiger partial charge in [-0.05, 0) is 17.5 Å². The molecule has 0 aliphatic heterocycles. The highest BCUT2D eigenvalue weighted by Gasteiger charge is 2.37. The van der Waals surface area contributed by atoms with Crippen LogP contribution in [0, 0.1) is 17.2 Å². The Balaban J connectivity index is 3.28. The van der Waals surface area contributed by atoms with Gasteiger partial charge < -0.3 is 5.11 Å². The van der Waals surface area contributed by atoms with Crippen molar-refractivity contribution in [1.82, 2.24) is 0 Å². The summed E-state index contributed by atoms with van der Waals surface area (Å²) < 4.78 is 38.5. The largest absolute Gasteiger partial charge is 0.416 e. The summed E-state index contributed by atoms with van der Waals surface area (Å²) in [5.74, 6) is -1.47. The Kier molecular flexibility index (Phi) is 4.36. The molecule has 0 saturated heterocycles. The molecule has 0 amide bonds. The predicted octanol–water partition coefficient (Wildman–Crippen LogP) is 3.33. The number of aliphatic hydroxyl groups excluding tert-OH is 1. The van der Waals surface area contributed by atoms with Crippen LogP contribution in [0.3, 0.4) is 0 Å². The molecule has 0 aromatic heterocycles. The van der Waals surface area contributed by atoms with Crippen LogP contribution >= 0.6 is 0 Å². The quantitative estimate of drug-likeness (QED) is 0.902. The Morgan fingerprint density at radius 3 is 2.22 bits per heavy atom. The van der Waals surface area contributed by atoms with E-state index >= 15 is 0 Å². The third kappa shape index (κ3) is 3.02. The number of rotatable bonds is 3. The Hall–Kier alpha value is -1.54. The summed E-state index contributed by atoms with van der Waals surface area (Å²) in [7, 11) is 0. The molecular formula is C13H14F3NO. The van der Waals surface area contributed by atoms with E-state index in [-0.39, 0.29) is 11.5 Å². The van der Waals surface area contributed by atoms with Crippen LogP contribution < -0.4 is 0 Å². The number of alkyl halides is 3. The highest BCUT2D eigenvalue weighted by Crippen LogP contribution is 2.36. The van der Waals surface area contributed by atoms with E-state index in [1.807, 2.05) is 0 Å². The van der Waals surface area contributed by atoms with E-state index in [4.69, 9.17) is 5.26 Å². The van der Waals surface area contributed by atoms with Crippen molar-refractivity contribution < 1.29 is 18.3 Å². The summed E-state index contributed by atoms with van der Waals surface area (Å²) in [5.41, 5.74) is -1.04. The van der Waals surface area contributed by atoms with Crippen molar-refractivity contribution in [2.75, 3.05) is 0 Å². The van der Waals surface area contributed by atoms with Crippen LogP contribution in [-0.4, -0.2) is 11.2 Å². The minimum atomic E-state index is -4.53. The number of hydrogen-bond donors (Lipinski definition) is 1. The van der Waals surface area contributed by atoms with Crippen molar-refractivity contribution in [2.24, 2.45) is 5.92 Å². The third-order valence-corrected chi connectivity index (χ3v) is 2.76. The van der Waals surface area contributed by atoms with Gasteiger partial charge in [0.05, 0.1) is 23.7 Å². The highest BCUT2D eigenvalue weighted by atomic mass is 19.4. The molecule has 0 aliphatic carbocycles. The summed E-state index contributed by atoms with van der Waals surface area (Å²) in [5, 5.41) is 18.9. The molecule has 0 spiro atoms. The van der Waals surface area contributed by atoms with Gasteiger partial charge >= 0.3 is 6.18 Å². The molecule has 2 atom stereocenters. The zero-order chi connectivity index (χ0) is 13.9. The maximum atomic E-state index is 12.8. The first-order valence-corrected chi connectivity index (χ1v) is 5.52. The van der Waals surface area contributed by atoms with E-state index in [1.54, 1.807) is 19.9 Å². The van der Waals surface area contributed by atoms with Crippen molar-refractivity contribution >= 4 is 0 Å². The fourth-order valence-electron chi connectivity index (χ4n) is 1.74. The molecule has 1 rings (SSSR count). The predicted molar refractivity (Wildman–Crippen MR) is 60.6 cm³/mol.